The van der Waals surface area contributed by atoms with Crippen LogP contribution in [-0.4, -0.2) is 9.13 Å². The van der Waals surface area contributed by atoms with Crippen LogP contribution in [0.5, 0.6) is 0 Å². The summed E-state index contributed by atoms with van der Waals surface area (Å²) in [4.78, 5) is 26.4. The van der Waals surface area contributed by atoms with Crippen LogP contribution in [0.25, 0.3) is 10.9 Å². The quantitative estimate of drug-likeness (QED) is 0.472. The van der Waals surface area contributed by atoms with Gasteiger partial charge in [0.2, 0.25) is 0 Å². The summed E-state index contributed by atoms with van der Waals surface area (Å²) in [5.74, 6) is -0.390. The van der Waals surface area contributed by atoms with Crippen molar-refractivity contribution in [2.75, 3.05) is 0 Å². The van der Waals surface area contributed by atoms with Crippen LogP contribution in [0.3, 0.4) is 0 Å². The summed E-state index contributed by atoms with van der Waals surface area (Å²) >= 11 is 12.5. The second-order valence-electron chi connectivity index (χ2n) is 6.65. The number of fused-ring (bicyclic) bond motifs is 1. The van der Waals surface area contributed by atoms with Crippen LogP contribution in [0.2, 0.25) is 10.0 Å². The predicted octanol–water partition coefficient (Wildman–Crippen LogP) is 4.71. The third-order valence-corrected chi connectivity index (χ3v) is 5.20. The molecular weight excluding hydrogens is 414 g/mol. The largest absolute Gasteiger partial charge is 0.332 e. The lowest BCUT2D eigenvalue weighted by Gasteiger charge is -2.15. The molecule has 0 aliphatic rings. The molecule has 0 amide bonds. The average Bonchev–Trinajstić information content (AvgIpc) is 2.70. The maximum absolute atomic E-state index is 13.3. The Kier molecular flexibility index (Phi) is 5.26. The highest BCUT2D eigenvalue weighted by molar-refractivity contribution is 6.38. The fraction of sp³-hybridized carbons (Fsp3) is 0.0909. The van der Waals surface area contributed by atoms with Gasteiger partial charge in [-0.2, -0.15) is 0 Å². The van der Waals surface area contributed by atoms with Gasteiger partial charge in [-0.3, -0.25) is 13.9 Å². The molecule has 0 saturated carbocycles. The number of nitrogens with zero attached hydrogens (tertiary/aromatic N) is 2. The van der Waals surface area contributed by atoms with Crippen molar-refractivity contribution in [3.63, 3.8) is 0 Å². The van der Waals surface area contributed by atoms with Crippen LogP contribution in [0.4, 0.5) is 4.39 Å². The summed E-state index contributed by atoms with van der Waals surface area (Å²) in [6.45, 7) is 0.248. The van der Waals surface area contributed by atoms with Gasteiger partial charge in [-0.1, -0.05) is 65.7 Å². The van der Waals surface area contributed by atoms with Crippen molar-refractivity contribution in [3.05, 3.63) is 115 Å². The minimum absolute atomic E-state index is 0.00162. The van der Waals surface area contributed by atoms with E-state index in [4.69, 9.17) is 23.2 Å². The van der Waals surface area contributed by atoms with Gasteiger partial charge in [-0.15, -0.1) is 0 Å². The van der Waals surface area contributed by atoms with Gasteiger partial charge in [0.15, 0.2) is 0 Å². The summed E-state index contributed by atoms with van der Waals surface area (Å²) in [6.07, 6.45) is 0. The van der Waals surface area contributed by atoms with Gasteiger partial charge in [-0.25, -0.2) is 9.18 Å². The summed E-state index contributed by atoms with van der Waals surface area (Å²) in [5, 5.41) is 0.722. The van der Waals surface area contributed by atoms with Crippen molar-refractivity contribution in [3.8, 4) is 0 Å². The van der Waals surface area contributed by atoms with Crippen LogP contribution >= 0.6 is 23.2 Å². The van der Waals surface area contributed by atoms with Crippen LogP contribution in [0.1, 0.15) is 11.1 Å². The molecule has 3 aromatic carbocycles. The van der Waals surface area contributed by atoms with Gasteiger partial charge in [0, 0.05) is 5.02 Å². The minimum Gasteiger partial charge on any atom is -0.289 e. The van der Waals surface area contributed by atoms with E-state index in [2.05, 4.69) is 0 Å². The van der Waals surface area contributed by atoms with Crippen molar-refractivity contribution in [1.29, 1.82) is 0 Å². The molecule has 0 unspecified atom stereocenters. The fourth-order valence-electron chi connectivity index (χ4n) is 3.29. The summed E-state index contributed by atoms with van der Waals surface area (Å²) in [5.41, 5.74) is 0.881. The maximum atomic E-state index is 13.3. The number of hydrogen-bond donors (Lipinski definition) is 0. The Hall–Kier alpha value is -2.89. The molecule has 0 saturated heterocycles. The summed E-state index contributed by atoms with van der Waals surface area (Å²) in [6, 6.07) is 18.1. The van der Waals surface area contributed by atoms with Gasteiger partial charge in [-0.05, 0) is 35.4 Å². The van der Waals surface area contributed by atoms with Crippen molar-refractivity contribution >= 4 is 34.1 Å². The molecule has 4 rings (SSSR count). The first-order valence-corrected chi connectivity index (χ1v) is 9.60. The number of benzene rings is 3. The van der Waals surface area contributed by atoms with E-state index in [0.717, 1.165) is 10.1 Å². The van der Waals surface area contributed by atoms with E-state index in [9.17, 15) is 14.0 Å². The highest BCUT2D eigenvalue weighted by Gasteiger charge is 2.17. The monoisotopic (exact) mass is 428 g/mol. The molecule has 0 aliphatic carbocycles. The van der Waals surface area contributed by atoms with Gasteiger partial charge in [0.05, 0.1) is 29.0 Å². The normalized spacial score (nSPS) is 11.1. The zero-order valence-electron chi connectivity index (χ0n) is 15.1. The van der Waals surface area contributed by atoms with Crippen molar-refractivity contribution < 1.29 is 4.39 Å². The van der Waals surface area contributed by atoms with E-state index < -0.39 is 17.1 Å². The van der Waals surface area contributed by atoms with E-state index in [0.29, 0.717) is 16.1 Å². The smallest absolute Gasteiger partial charge is 0.289 e. The summed E-state index contributed by atoms with van der Waals surface area (Å²) < 4.78 is 15.8. The van der Waals surface area contributed by atoms with Crippen LogP contribution in [0, 0.1) is 5.82 Å². The van der Waals surface area contributed by atoms with E-state index in [-0.39, 0.29) is 23.5 Å². The Labute approximate surface area is 175 Å². The Bertz CT molecular complexity index is 1310. The third kappa shape index (κ3) is 3.84. The first-order valence-electron chi connectivity index (χ1n) is 8.85. The zero-order chi connectivity index (χ0) is 20.5. The number of halogens is 3. The highest BCUT2D eigenvalue weighted by Crippen LogP contribution is 2.25. The fourth-order valence-corrected chi connectivity index (χ4v) is 3.85. The van der Waals surface area contributed by atoms with Gasteiger partial charge < -0.3 is 0 Å². The van der Waals surface area contributed by atoms with Crippen molar-refractivity contribution in [1.82, 2.24) is 9.13 Å². The third-order valence-electron chi connectivity index (χ3n) is 4.68. The second-order valence-corrected chi connectivity index (χ2v) is 7.50. The van der Waals surface area contributed by atoms with E-state index in [1.54, 1.807) is 6.07 Å². The molecule has 7 heteroatoms. The number of rotatable bonds is 4. The molecule has 4 nitrogen and oxygen atoms in total. The van der Waals surface area contributed by atoms with E-state index >= 15 is 0 Å². The van der Waals surface area contributed by atoms with Gasteiger partial charge in [0.25, 0.3) is 5.56 Å². The molecular formula is C22H15Cl2FN2O2. The average molecular weight is 429 g/mol. The minimum atomic E-state index is -0.514. The molecule has 0 aliphatic heterocycles. The number of aromatic nitrogens is 2. The predicted molar refractivity (Wildman–Crippen MR) is 114 cm³/mol. The molecule has 29 heavy (non-hydrogen) atoms. The molecule has 0 fully saturated rings. The van der Waals surface area contributed by atoms with Gasteiger partial charge in [0.1, 0.15) is 5.82 Å². The first-order chi connectivity index (χ1) is 13.9. The standard InChI is InChI=1S/C22H15Cl2FN2O2/c23-16-10-18(24)20-19(11-16)26(12-14-4-2-1-3-5-14)22(29)27(21(20)28)13-15-6-8-17(25)9-7-15/h1-11H,12-13H2. The Morgan fingerprint density at radius 2 is 1.41 bits per heavy atom. The lowest BCUT2D eigenvalue weighted by molar-refractivity contribution is 0.620. The molecule has 0 bridgehead atoms. The molecule has 0 radical (unpaired) electrons. The van der Waals surface area contributed by atoms with Crippen LogP contribution in [0.15, 0.2) is 76.3 Å². The van der Waals surface area contributed by atoms with Crippen LogP contribution in [-0.2, 0) is 13.1 Å². The molecule has 146 valence electrons. The molecule has 4 aromatic rings. The second kappa shape index (κ2) is 7.85. The Morgan fingerprint density at radius 1 is 0.793 bits per heavy atom. The molecule has 1 aromatic heterocycles. The van der Waals surface area contributed by atoms with Crippen LogP contribution < -0.4 is 11.2 Å². The van der Waals surface area contributed by atoms with E-state index in [1.165, 1.54) is 34.9 Å². The topological polar surface area (TPSA) is 44.0 Å². The lowest BCUT2D eigenvalue weighted by atomic mass is 10.2. The molecule has 0 spiro atoms. The Balaban J connectivity index is 1.97. The lowest BCUT2D eigenvalue weighted by Crippen LogP contribution is -2.40. The molecule has 0 N–H and O–H groups in total. The molecule has 0 atom stereocenters. The highest BCUT2D eigenvalue weighted by atomic mass is 35.5. The van der Waals surface area contributed by atoms with Crippen molar-refractivity contribution in [2.45, 2.75) is 13.1 Å². The number of hydrogen-bond acceptors (Lipinski definition) is 2. The van der Waals surface area contributed by atoms with Gasteiger partial charge >= 0.3 is 5.69 Å². The summed E-state index contributed by atoms with van der Waals surface area (Å²) in [7, 11) is 0. The van der Waals surface area contributed by atoms with Crippen molar-refractivity contribution in [2.24, 2.45) is 0 Å². The zero-order valence-corrected chi connectivity index (χ0v) is 16.6. The SMILES string of the molecule is O=c1c2c(Cl)cc(Cl)cc2n(Cc2ccccc2)c(=O)n1Cc1ccc(F)cc1. The van der Waals surface area contributed by atoms with E-state index in [1.807, 2.05) is 30.3 Å². The Morgan fingerprint density at radius 3 is 2.10 bits per heavy atom. The first kappa shape index (κ1) is 19.4. The maximum Gasteiger partial charge on any atom is 0.332 e. The molecule has 1 heterocycles.